The molecular formula is C18H17ClN4O. The maximum absolute atomic E-state index is 12.0. The maximum atomic E-state index is 12.0. The van der Waals surface area contributed by atoms with Crippen LogP contribution >= 0.6 is 11.6 Å². The van der Waals surface area contributed by atoms with Crippen LogP contribution in [0.3, 0.4) is 0 Å². The number of carbonyl (C=O) groups excluding carboxylic acids is 1. The van der Waals surface area contributed by atoms with E-state index in [0.717, 1.165) is 11.1 Å². The number of nitrogens with one attached hydrogen (secondary N) is 2. The number of benzene rings is 2. The summed E-state index contributed by atoms with van der Waals surface area (Å²) in [6.45, 7) is 1.10. The summed E-state index contributed by atoms with van der Waals surface area (Å²) in [7, 11) is 0. The van der Waals surface area contributed by atoms with Crippen LogP contribution in [0.4, 0.5) is 10.5 Å². The minimum atomic E-state index is -0.272. The van der Waals surface area contributed by atoms with Crippen LogP contribution in [0.2, 0.25) is 5.02 Å². The second-order valence-corrected chi connectivity index (χ2v) is 5.73. The normalized spacial score (nSPS) is 10.4. The van der Waals surface area contributed by atoms with Crippen molar-refractivity contribution < 1.29 is 4.79 Å². The van der Waals surface area contributed by atoms with E-state index in [1.807, 2.05) is 41.2 Å². The van der Waals surface area contributed by atoms with E-state index in [2.05, 4.69) is 15.7 Å². The minimum absolute atomic E-state index is 0.272. The summed E-state index contributed by atoms with van der Waals surface area (Å²) in [4.78, 5) is 12.0. The van der Waals surface area contributed by atoms with Gasteiger partial charge in [0.2, 0.25) is 0 Å². The van der Waals surface area contributed by atoms with Crippen molar-refractivity contribution in [1.29, 1.82) is 0 Å². The molecule has 0 radical (unpaired) electrons. The SMILES string of the molecule is O=C(NCc1ccccc1Cn1cccn1)Nc1cccc(Cl)c1. The first-order valence-corrected chi connectivity index (χ1v) is 7.93. The van der Waals surface area contributed by atoms with Gasteiger partial charge in [-0.05, 0) is 35.4 Å². The number of hydrogen-bond acceptors (Lipinski definition) is 2. The van der Waals surface area contributed by atoms with Gasteiger partial charge in [-0.15, -0.1) is 0 Å². The molecule has 0 unspecified atom stereocenters. The predicted octanol–water partition coefficient (Wildman–Crippen LogP) is 3.91. The van der Waals surface area contributed by atoms with Gasteiger partial charge in [-0.3, -0.25) is 4.68 Å². The standard InChI is InChI=1S/C18H17ClN4O/c19-16-7-3-8-17(11-16)22-18(24)20-12-14-5-1-2-6-15(14)13-23-10-4-9-21-23/h1-11H,12-13H2,(H2,20,22,24). The van der Waals surface area contributed by atoms with Gasteiger partial charge in [0.05, 0.1) is 6.54 Å². The molecule has 3 rings (SSSR count). The molecule has 0 aliphatic carbocycles. The topological polar surface area (TPSA) is 59.0 Å². The van der Waals surface area contributed by atoms with Crippen LogP contribution in [-0.4, -0.2) is 15.8 Å². The predicted molar refractivity (Wildman–Crippen MR) is 95.1 cm³/mol. The van der Waals surface area contributed by atoms with Crippen LogP contribution in [0.5, 0.6) is 0 Å². The average molecular weight is 341 g/mol. The molecule has 0 fully saturated rings. The highest BCUT2D eigenvalue weighted by atomic mass is 35.5. The molecule has 2 N–H and O–H groups in total. The smallest absolute Gasteiger partial charge is 0.319 e. The van der Waals surface area contributed by atoms with E-state index in [0.29, 0.717) is 23.8 Å². The number of rotatable bonds is 5. The maximum Gasteiger partial charge on any atom is 0.319 e. The molecule has 5 nitrogen and oxygen atoms in total. The molecule has 1 aromatic heterocycles. The Kier molecular flexibility index (Phi) is 5.13. The monoisotopic (exact) mass is 340 g/mol. The lowest BCUT2D eigenvalue weighted by atomic mass is 10.1. The number of amides is 2. The molecule has 6 heteroatoms. The zero-order valence-corrected chi connectivity index (χ0v) is 13.7. The van der Waals surface area contributed by atoms with Crippen molar-refractivity contribution in [3.63, 3.8) is 0 Å². The van der Waals surface area contributed by atoms with Crippen molar-refractivity contribution in [3.8, 4) is 0 Å². The van der Waals surface area contributed by atoms with Crippen molar-refractivity contribution >= 4 is 23.3 Å². The molecular weight excluding hydrogens is 324 g/mol. The average Bonchev–Trinajstić information content (AvgIpc) is 3.07. The number of anilines is 1. The first-order valence-electron chi connectivity index (χ1n) is 7.55. The van der Waals surface area contributed by atoms with Crippen molar-refractivity contribution in [1.82, 2.24) is 15.1 Å². The molecule has 0 aliphatic heterocycles. The van der Waals surface area contributed by atoms with Crippen molar-refractivity contribution in [2.45, 2.75) is 13.1 Å². The van der Waals surface area contributed by atoms with Gasteiger partial charge in [-0.2, -0.15) is 5.10 Å². The number of urea groups is 1. The first-order chi connectivity index (χ1) is 11.7. The number of hydrogen-bond donors (Lipinski definition) is 2. The summed E-state index contributed by atoms with van der Waals surface area (Å²) in [5.74, 6) is 0. The lowest BCUT2D eigenvalue weighted by Crippen LogP contribution is -2.28. The summed E-state index contributed by atoms with van der Waals surface area (Å²) in [5, 5.41) is 10.4. The van der Waals surface area contributed by atoms with E-state index in [1.165, 1.54) is 0 Å². The van der Waals surface area contributed by atoms with Gasteiger partial charge in [0, 0.05) is 29.6 Å². The Bertz CT molecular complexity index is 817. The lowest BCUT2D eigenvalue weighted by Gasteiger charge is -2.12. The molecule has 0 saturated carbocycles. The van der Waals surface area contributed by atoms with Crippen molar-refractivity contribution in [2.24, 2.45) is 0 Å². The molecule has 122 valence electrons. The van der Waals surface area contributed by atoms with E-state index in [4.69, 9.17) is 11.6 Å². The fraction of sp³-hybridized carbons (Fsp3) is 0.111. The van der Waals surface area contributed by atoms with Crippen LogP contribution < -0.4 is 10.6 Å². The van der Waals surface area contributed by atoms with Gasteiger partial charge in [0.25, 0.3) is 0 Å². The molecule has 2 amide bonds. The van der Waals surface area contributed by atoms with Gasteiger partial charge in [-0.25, -0.2) is 4.79 Å². The number of nitrogens with zero attached hydrogens (tertiary/aromatic N) is 2. The highest BCUT2D eigenvalue weighted by molar-refractivity contribution is 6.30. The molecule has 24 heavy (non-hydrogen) atoms. The minimum Gasteiger partial charge on any atom is -0.334 e. The van der Waals surface area contributed by atoms with Gasteiger partial charge < -0.3 is 10.6 Å². The van der Waals surface area contributed by atoms with Crippen molar-refractivity contribution in [2.75, 3.05) is 5.32 Å². The molecule has 0 spiro atoms. The molecule has 0 saturated heterocycles. The van der Waals surface area contributed by atoms with Crippen molar-refractivity contribution in [3.05, 3.63) is 83.1 Å². The zero-order chi connectivity index (χ0) is 16.8. The zero-order valence-electron chi connectivity index (χ0n) is 12.9. The number of aromatic nitrogens is 2. The lowest BCUT2D eigenvalue weighted by molar-refractivity contribution is 0.251. The van der Waals surface area contributed by atoms with E-state index in [1.54, 1.807) is 30.5 Å². The molecule has 0 bridgehead atoms. The Morgan fingerprint density at radius 2 is 1.92 bits per heavy atom. The van der Waals surface area contributed by atoms with E-state index >= 15 is 0 Å². The summed E-state index contributed by atoms with van der Waals surface area (Å²) in [6, 6.07) is 16.6. The second kappa shape index (κ2) is 7.66. The fourth-order valence-electron chi connectivity index (χ4n) is 2.37. The quantitative estimate of drug-likeness (QED) is 0.740. The molecule has 2 aromatic carbocycles. The Morgan fingerprint density at radius 3 is 2.67 bits per heavy atom. The number of carbonyl (C=O) groups is 1. The summed E-state index contributed by atoms with van der Waals surface area (Å²) in [6.07, 6.45) is 3.66. The van der Waals surface area contributed by atoms with E-state index in [9.17, 15) is 4.79 Å². The Balaban J connectivity index is 1.61. The fourth-order valence-corrected chi connectivity index (χ4v) is 2.56. The number of halogens is 1. The van der Waals surface area contributed by atoms with Crippen LogP contribution in [0.25, 0.3) is 0 Å². The first kappa shape index (κ1) is 16.1. The highest BCUT2D eigenvalue weighted by Gasteiger charge is 2.06. The Hall–Kier alpha value is -2.79. The van der Waals surface area contributed by atoms with Gasteiger partial charge >= 0.3 is 6.03 Å². The van der Waals surface area contributed by atoms with Crippen LogP contribution in [0.1, 0.15) is 11.1 Å². The van der Waals surface area contributed by atoms with Gasteiger partial charge in [0.1, 0.15) is 0 Å². The molecule has 0 aliphatic rings. The Labute approximate surface area is 145 Å². The van der Waals surface area contributed by atoms with E-state index < -0.39 is 0 Å². The van der Waals surface area contributed by atoms with E-state index in [-0.39, 0.29) is 6.03 Å². The molecule has 0 atom stereocenters. The van der Waals surface area contributed by atoms with Gasteiger partial charge in [-0.1, -0.05) is 41.9 Å². The molecule has 1 heterocycles. The highest BCUT2D eigenvalue weighted by Crippen LogP contribution is 2.15. The third-order valence-corrected chi connectivity index (χ3v) is 3.77. The summed E-state index contributed by atoms with van der Waals surface area (Å²) >= 11 is 5.91. The Morgan fingerprint density at radius 1 is 1.08 bits per heavy atom. The molecule has 3 aromatic rings. The summed E-state index contributed by atoms with van der Waals surface area (Å²) in [5.41, 5.74) is 2.82. The largest absolute Gasteiger partial charge is 0.334 e. The summed E-state index contributed by atoms with van der Waals surface area (Å²) < 4.78 is 1.85. The third kappa shape index (κ3) is 4.36. The van der Waals surface area contributed by atoms with Gasteiger partial charge in [0.15, 0.2) is 0 Å². The van der Waals surface area contributed by atoms with Crippen LogP contribution in [0.15, 0.2) is 67.0 Å². The van der Waals surface area contributed by atoms with Crippen LogP contribution in [-0.2, 0) is 13.1 Å². The second-order valence-electron chi connectivity index (χ2n) is 5.29. The third-order valence-electron chi connectivity index (χ3n) is 3.53. The van der Waals surface area contributed by atoms with Crippen LogP contribution in [0, 0.1) is 0 Å².